The van der Waals surface area contributed by atoms with E-state index < -0.39 is 15.9 Å². The maximum atomic E-state index is 12.5. The van der Waals surface area contributed by atoms with Crippen LogP contribution >= 0.6 is 11.6 Å². The Hall–Kier alpha value is -2.49. The molecule has 0 aliphatic carbocycles. The van der Waals surface area contributed by atoms with Crippen LogP contribution in [0.1, 0.15) is 0 Å². The van der Waals surface area contributed by atoms with Crippen molar-refractivity contribution in [2.75, 3.05) is 60.7 Å². The van der Waals surface area contributed by atoms with E-state index in [0.717, 1.165) is 29.3 Å². The fourth-order valence-electron chi connectivity index (χ4n) is 3.12. The third-order valence-electron chi connectivity index (χ3n) is 4.64. The predicted molar refractivity (Wildman–Crippen MR) is 118 cm³/mol. The number of morpholine rings is 1. The van der Waals surface area contributed by atoms with E-state index in [1.165, 1.54) is 19.2 Å². The normalized spacial score (nSPS) is 14.3. The van der Waals surface area contributed by atoms with E-state index in [0.29, 0.717) is 24.7 Å². The quantitative estimate of drug-likeness (QED) is 0.693. The average molecular weight is 454 g/mol. The van der Waals surface area contributed by atoms with E-state index in [9.17, 15) is 13.2 Å². The van der Waals surface area contributed by atoms with Crippen molar-refractivity contribution >= 4 is 44.6 Å². The molecule has 0 bridgehead atoms. The van der Waals surface area contributed by atoms with E-state index >= 15 is 0 Å². The van der Waals surface area contributed by atoms with Crippen LogP contribution in [0, 0.1) is 0 Å². The molecule has 1 heterocycles. The van der Waals surface area contributed by atoms with Gasteiger partial charge in [-0.05, 0) is 42.5 Å². The molecule has 8 nitrogen and oxygen atoms in total. The van der Waals surface area contributed by atoms with Crippen LogP contribution in [0.25, 0.3) is 0 Å². The summed E-state index contributed by atoms with van der Waals surface area (Å²) in [7, 11) is -2.24. The van der Waals surface area contributed by atoms with Crippen LogP contribution in [0.5, 0.6) is 5.75 Å². The number of anilines is 3. The molecule has 3 rings (SSSR count). The van der Waals surface area contributed by atoms with Crippen LogP contribution in [0.4, 0.5) is 17.1 Å². The van der Waals surface area contributed by atoms with Crippen molar-refractivity contribution in [3.05, 3.63) is 47.5 Å². The van der Waals surface area contributed by atoms with E-state index in [1.807, 2.05) is 12.1 Å². The van der Waals surface area contributed by atoms with Crippen LogP contribution < -0.4 is 19.3 Å². The van der Waals surface area contributed by atoms with Gasteiger partial charge in [0.15, 0.2) is 0 Å². The maximum absolute atomic E-state index is 12.5. The summed E-state index contributed by atoms with van der Waals surface area (Å²) in [4.78, 5) is 14.7. The van der Waals surface area contributed by atoms with Gasteiger partial charge in [-0.2, -0.15) is 0 Å². The van der Waals surface area contributed by atoms with Crippen LogP contribution in [0.15, 0.2) is 42.5 Å². The molecule has 162 valence electrons. The Morgan fingerprint density at radius 3 is 2.43 bits per heavy atom. The first-order chi connectivity index (χ1) is 14.3. The number of halogens is 1. The Labute approximate surface area is 181 Å². The van der Waals surface area contributed by atoms with Gasteiger partial charge < -0.3 is 19.7 Å². The molecule has 10 heteroatoms. The van der Waals surface area contributed by atoms with Crippen LogP contribution in [0.2, 0.25) is 5.02 Å². The molecule has 0 atom stereocenters. The Kier molecular flexibility index (Phi) is 7.06. The van der Waals surface area contributed by atoms with E-state index in [2.05, 4.69) is 10.2 Å². The topological polar surface area (TPSA) is 88.2 Å². The van der Waals surface area contributed by atoms with Gasteiger partial charge in [0.05, 0.1) is 37.3 Å². The minimum atomic E-state index is -3.71. The molecule has 0 spiro atoms. The van der Waals surface area contributed by atoms with Crippen molar-refractivity contribution in [1.29, 1.82) is 0 Å². The second-order valence-corrected chi connectivity index (χ2v) is 9.10. The predicted octanol–water partition coefficient (Wildman–Crippen LogP) is 2.59. The van der Waals surface area contributed by atoms with Gasteiger partial charge in [0.25, 0.3) is 0 Å². The second-order valence-electron chi connectivity index (χ2n) is 6.78. The molecule has 0 radical (unpaired) electrons. The number of nitrogens with zero attached hydrogens (tertiary/aromatic N) is 2. The van der Waals surface area contributed by atoms with Gasteiger partial charge in [0.1, 0.15) is 12.3 Å². The van der Waals surface area contributed by atoms with Crippen molar-refractivity contribution in [2.45, 2.75) is 0 Å². The summed E-state index contributed by atoms with van der Waals surface area (Å²) >= 11 is 6.11. The number of nitrogens with one attached hydrogen (secondary N) is 1. The summed E-state index contributed by atoms with van der Waals surface area (Å²) in [5.41, 5.74) is 1.90. The number of amides is 1. The Morgan fingerprint density at radius 2 is 1.87 bits per heavy atom. The molecule has 1 aliphatic rings. The lowest BCUT2D eigenvalue weighted by Crippen LogP contribution is -2.37. The monoisotopic (exact) mass is 453 g/mol. The van der Waals surface area contributed by atoms with Gasteiger partial charge in [-0.1, -0.05) is 11.6 Å². The largest absolute Gasteiger partial charge is 0.495 e. The highest BCUT2D eigenvalue weighted by Crippen LogP contribution is 2.30. The van der Waals surface area contributed by atoms with Crippen LogP contribution in [0.3, 0.4) is 0 Å². The van der Waals surface area contributed by atoms with E-state index in [4.69, 9.17) is 21.1 Å². The molecule has 1 amide bonds. The van der Waals surface area contributed by atoms with Crippen molar-refractivity contribution in [2.24, 2.45) is 0 Å². The third kappa shape index (κ3) is 5.56. The maximum Gasteiger partial charge on any atom is 0.245 e. The molecule has 2 aromatic carbocycles. The zero-order valence-corrected chi connectivity index (χ0v) is 18.4. The number of benzene rings is 2. The van der Waals surface area contributed by atoms with E-state index in [1.54, 1.807) is 18.2 Å². The van der Waals surface area contributed by atoms with Gasteiger partial charge >= 0.3 is 0 Å². The lowest BCUT2D eigenvalue weighted by Gasteiger charge is -2.29. The zero-order chi connectivity index (χ0) is 21.7. The van der Waals surface area contributed by atoms with Crippen molar-refractivity contribution in [3.63, 3.8) is 0 Å². The molecule has 1 fully saturated rings. The number of carbonyl (C=O) groups is 1. The zero-order valence-electron chi connectivity index (χ0n) is 16.8. The van der Waals surface area contributed by atoms with Gasteiger partial charge in [0.2, 0.25) is 15.9 Å². The second kappa shape index (κ2) is 9.55. The number of methoxy groups -OCH3 is 1. The van der Waals surface area contributed by atoms with Crippen molar-refractivity contribution in [1.82, 2.24) is 0 Å². The molecule has 1 aliphatic heterocycles. The Balaban J connectivity index is 1.69. The van der Waals surface area contributed by atoms with Crippen LogP contribution in [-0.2, 0) is 19.6 Å². The molecule has 0 saturated carbocycles. The lowest BCUT2D eigenvalue weighted by atomic mass is 10.2. The smallest absolute Gasteiger partial charge is 0.245 e. The molecular weight excluding hydrogens is 430 g/mol. The summed E-state index contributed by atoms with van der Waals surface area (Å²) in [5.74, 6) is -0.0508. The number of hydrogen-bond acceptors (Lipinski definition) is 6. The standard InChI is InChI=1S/C20H24ClN3O5S/c1-28-19-8-7-17(13-18(19)21)24(30(2,26)27)14-20(25)22-15-3-5-16(6-4-15)23-9-11-29-12-10-23/h3-8,13H,9-12,14H2,1-2H3,(H,22,25). The lowest BCUT2D eigenvalue weighted by molar-refractivity contribution is -0.114. The first kappa shape index (κ1) is 22.2. The van der Waals surface area contributed by atoms with Gasteiger partial charge in [-0.25, -0.2) is 8.42 Å². The van der Waals surface area contributed by atoms with Gasteiger partial charge in [0, 0.05) is 24.5 Å². The highest BCUT2D eigenvalue weighted by molar-refractivity contribution is 7.92. The van der Waals surface area contributed by atoms with Crippen LogP contribution in [-0.4, -0.2) is 60.5 Å². The molecule has 1 N–H and O–H groups in total. The first-order valence-electron chi connectivity index (χ1n) is 9.32. The SMILES string of the molecule is COc1ccc(N(CC(=O)Nc2ccc(N3CCOCC3)cc2)S(C)(=O)=O)cc1Cl. The average Bonchev–Trinajstić information content (AvgIpc) is 2.72. The number of sulfonamides is 1. The molecule has 0 unspecified atom stereocenters. The van der Waals surface area contributed by atoms with Gasteiger partial charge in [-0.15, -0.1) is 0 Å². The molecule has 30 heavy (non-hydrogen) atoms. The third-order valence-corrected chi connectivity index (χ3v) is 6.07. The fourth-order valence-corrected chi connectivity index (χ4v) is 4.22. The van der Waals surface area contributed by atoms with Crippen molar-refractivity contribution in [3.8, 4) is 5.75 Å². The first-order valence-corrected chi connectivity index (χ1v) is 11.5. The number of ether oxygens (including phenoxy) is 2. The summed E-state index contributed by atoms with van der Waals surface area (Å²) in [6.07, 6.45) is 1.04. The van der Waals surface area contributed by atoms with E-state index in [-0.39, 0.29) is 17.3 Å². The number of carbonyl (C=O) groups excluding carboxylic acids is 1. The minimum absolute atomic E-state index is 0.253. The number of hydrogen-bond donors (Lipinski definition) is 1. The highest BCUT2D eigenvalue weighted by atomic mass is 35.5. The summed E-state index contributed by atoms with van der Waals surface area (Å²) in [5, 5.41) is 2.99. The fraction of sp³-hybridized carbons (Fsp3) is 0.350. The minimum Gasteiger partial charge on any atom is -0.495 e. The summed E-state index contributed by atoms with van der Waals surface area (Å²) in [6.45, 7) is 2.63. The Morgan fingerprint density at radius 1 is 1.20 bits per heavy atom. The van der Waals surface area contributed by atoms with Gasteiger partial charge in [-0.3, -0.25) is 9.10 Å². The Bertz CT molecular complexity index is 992. The van der Waals surface area contributed by atoms with Crippen molar-refractivity contribution < 1.29 is 22.7 Å². The number of rotatable bonds is 7. The highest BCUT2D eigenvalue weighted by Gasteiger charge is 2.22. The molecule has 2 aromatic rings. The molecular formula is C20H24ClN3O5S. The molecule has 0 aromatic heterocycles. The molecule has 1 saturated heterocycles. The summed E-state index contributed by atoms with van der Waals surface area (Å²) in [6, 6.07) is 12.0. The summed E-state index contributed by atoms with van der Waals surface area (Å²) < 4.78 is 36.0.